The number of aromatic nitrogens is 2. The van der Waals surface area contributed by atoms with E-state index in [1.54, 1.807) is 49.0 Å². The topological polar surface area (TPSA) is 110 Å². The van der Waals surface area contributed by atoms with E-state index in [0.717, 1.165) is 53.2 Å². The second kappa shape index (κ2) is 14.4. The fourth-order valence-corrected chi connectivity index (χ4v) is 9.35. The third kappa shape index (κ3) is 6.35. The van der Waals surface area contributed by atoms with Gasteiger partial charge in [-0.05, 0) is 115 Å². The predicted octanol–water partition coefficient (Wildman–Crippen LogP) is 6.12. The lowest BCUT2D eigenvalue weighted by Gasteiger charge is -2.25. The second-order valence-electron chi connectivity index (χ2n) is 12.7. The van der Waals surface area contributed by atoms with Crippen molar-refractivity contribution in [1.29, 1.82) is 0 Å². The Hall–Kier alpha value is -4.42. The third-order valence-corrected chi connectivity index (χ3v) is 11.2. The van der Waals surface area contributed by atoms with Crippen LogP contribution < -0.4 is 24.4 Å². The number of ether oxygens (including phenoxy) is 4. The summed E-state index contributed by atoms with van der Waals surface area (Å²) in [5.74, 6) is 0.220. The van der Waals surface area contributed by atoms with Crippen LogP contribution in [0.2, 0.25) is 0 Å². The number of esters is 2. The molecule has 12 heteroatoms. The summed E-state index contributed by atoms with van der Waals surface area (Å²) in [4.78, 5) is 47.6. The first-order valence-electron chi connectivity index (χ1n) is 17.0. The van der Waals surface area contributed by atoms with Crippen LogP contribution in [0.25, 0.3) is 11.1 Å². The van der Waals surface area contributed by atoms with Crippen molar-refractivity contribution in [3.8, 4) is 16.5 Å². The number of benzene rings is 1. The van der Waals surface area contributed by atoms with E-state index in [9.17, 15) is 14.4 Å². The molecule has 3 aromatic heterocycles. The van der Waals surface area contributed by atoms with Crippen LogP contribution in [-0.2, 0) is 27.1 Å². The minimum Gasteiger partial charge on any atom is -0.493 e. The smallest absolute Gasteiger partial charge is 0.341 e. The molecule has 1 aliphatic carbocycles. The van der Waals surface area contributed by atoms with Crippen LogP contribution in [0.1, 0.15) is 96.8 Å². The van der Waals surface area contributed by atoms with Crippen molar-refractivity contribution in [2.75, 3.05) is 20.3 Å². The molecule has 0 spiro atoms. The van der Waals surface area contributed by atoms with Crippen molar-refractivity contribution in [2.24, 2.45) is 4.99 Å². The molecule has 4 heterocycles. The van der Waals surface area contributed by atoms with Crippen molar-refractivity contribution in [2.45, 2.75) is 86.3 Å². The molecule has 1 aliphatic heterocycles. The molecule has 2 aliphatic rings. The van der Waals surface area contributed by atoms with Gasteiger partial charge in [0.25, 0.3) is 5.56 Å². The molecule has 0 unspecified atom stereocenters. The Morgan fingerprint density at radius 2 is 1.72 bits per heavy atom. The van der Waals surface area contributed by atoms with E-state index in [1.165, 1.54) is 16.2 Å². The molecule has 6 rings (SSSR count). The van der Waals surface area contributed by atoms with Crippen LogP contribution >= 0.6 is 22.7 Å². The number of hydrogen-bond acceptors (Lipinski definition) is 10. The highest BCUT2D eigenvalue weighted by molar-refractivity contribution is 7.15. The van der Waals surface area contributed by atoms with E-state index in [-0.39, 0.29) is 29.8 Å². The van der Waals surface area contributed by atoms with Gasteiger partial charge in [0.15, 0.2) is 16.3 Å². The van der Waals surface area contributed by atoms with Gasteiger partial charge in [-0.2, -0.15) is 0 Å². The predicted molar refractivity (Wildman–Crippen MR) is 195 cm³/mol. The lowest BCUT2D eigenvalue weighted by atomic mass is 9.95. The lowest BCUT2D eigenvalue weighted by Crippen LogP contribution is -2.40. The first-order valence-corrected chi connectivity index (χ1v) is 18.7. The van der Waals surface area contributed by atoms with Gasteiger partial charge in [-0.3, -0.25) is 9.36 Å². The Morgan fingerprint density at radius 3 is 2.42 bits per heavy atom. The van der Waals surface area contributed by atoms with Crippen LogP contribution in [0.15, 0.2) is 45.3 Å². The lowest BCUT2D eigenvalue weighted by molar-refractivity contribution is -0.139. The highest BCUT2D eigenvalue weighted by Gasteiger charge is 2.34. The molecule has 1 aromatic carbocycles. The summed E-state index contributed by atoms with van der Waals surface area (Å²) in [6, 6.07) is 6.67. The SMILES string of the molecule is CCOC(=O)C1=C(C)N=c2s/c(=C\c3cc(C)n(-c4sc5c(c4C(=O)OCC)CCCC5)c3C)c(=O)n2[C@H]1c1ccc(OC(C)C)c(OC)c1. The molecule has 0 saturated heterocycles. The van der Waals surface area contributed by atoms with E-state index in [0.29, 0.717) is 44.3 Å². The monoisotopic (exact) mass is 717 g/mol. The minimum absolute atomic E-state index is 0.0754. The highest BCUT2D eigenvalue weighted by Crippen LogP contribution is 2.40. The average Bonchev–Trinajstić information content (AvgIpc) is 3.69. The zero-order valence-corrected chi connectivity index (χ0v) is 31.4. The van der Waals surface area contributed by atoms with Crippen LogP contribution in [0, 0.1) is 13.8 Å². The maximum atomic E-state index is 14.4. The number of carbonyl (C=O) groups is 2. The van der Waals surface area contributed by atoms with E-state index in [1.807, 2.05) is 52.8 Å². The number of thiazole rings is 1. The van der Waals surface area contributed by atoms with Gasteiger partial charge in [-0.15, -0.1) is 11.3 Å². The number of thiophene rings is 1. The molecular formula is C38H43N3O7S2. The summed E-state index contributed by atoms with van der Waals surface area (Å²) in [6.07, 6.45) is 5.77. The summed E-state index contributed by atoms with van der Waals surface area (Å²) in [5.41, 5.74) is 5.61. The second-order valence-corrected chi connectivity index (χ2v) is 14.7. The fraction of sp³-hybridized carbons (Fsp3) is 0.421. The van der Waals surface area contributed by atoms with Crippen LogP contribution in [0.3, 0.4) is 0 Å². The van der Waals surface area contributed by atoms with Crippen molar-refractivity contribution >= 4 is 40.7 Å². The number of carbonyl (C=O) groups excluding carboxylic acids is 2. The minimum atomic E-state index is -0.800. The van der Waals surface area contributed by atoms with E-state index < -0.39 is 12.0 Å². The molecule has 0 saturated carbocycles. The molecule has 0 radical (unpaired) electrons. The summed E-state index contributed by atoms with van der Waals surface area (Å²) in [7, 11) is 1.56. The summed E-state index contributed by atoms with van der Waals surface area (Å²) < 4.78 is 26.8. The van der Waals surface area contributed by atoms with Crippen LogP contribution in [0.4, 0.5) is 0 Å². The first-order chi connectivity index (χ1) is 24.0. The van der Waals surface area contributed by atoms with E-state index in [2.05, 4.69) is 4.57 Å². The third-order valence-electron chi connectivity index (χ3n) is 8.98. The van der Waals surface area contributed by atoms with Crippen LogP contribution in [0.5, 0.6) is 11.5 Å². The Labute approximate surface area is 299 Å². The van der Waals surface area contributed by atoms with Gasteiger partial charge in [0.05, 0.1) is 53.8 Å². The zero-order chi connectivity index (χ0) is 35.9. The van der Waals surface area contributed by atoms with Crippen LogP contribution in [-0.4, -0.2) is 47.5 Å². The van der Waals surface area contributed by atoms with E-state index in [4.69, 9.17) is 23.9 Å². The zero-order valence-electron chi connectivity index (χ0n) is 29.8. The molecule has 0 fully saturated rings. The van der Waals surface area contributed by atoms with Crippen molar-refractivity contribution in [1.82, 2.24) is 9.13 Å². The maximum absolute atomic E-state index is 14.4. The molecule has 50 heavy (non-hydrogen) atoms. The van der Waals surface area contributed by atoms with Gasteiger partial charge >= 0.3 is 11.9 Å². The number of methoxy groups -OCH3 is 1. The quantitative estimate of drug-likeness (QED) is 0.182. The standard InChI is InChI=1S/C38H43N3O7S2/c1-9-46-36(43)31-22(6)39-38-41(33(31)24-15-16-27(48-20(3)4)28(18-24)45-8)34(42)30(50-38)19-25-17-21(5)40(23(25)7)35-32(37(44)47-10-2)26-13-11-12-14-29(26)49-35/h15-20,33H,9-14H2,1-8H3/b30-19-/t33-/m0/s1. The number of allylic oxidation sites excluding steroid dienone is 1. The van der Waals surface area contributed by atoms with Crippen molar-refractivity contribution < 1.29 is 28.5 Å². The summed E-state index contributed by atoms with van der Waals surface area (Å²) in [6.45, 7) is 13.7. The molecule has 4 aromatic rings. The Bertz CT molecular complexity index is 2200. The van der Waals surface area contributed by atoms with Gasteiger partial charge < -0.3 is 23.5 Å². The molecule has 0 N–H and O–H groups in total. The number of aryl methyl sites for hydroxylation is 2. The van der Waals surface area contributed by atoms with Gasteiger partial charge in [-0.1, -0.05) is 17.4 Å². The average molecular weight is 718 g/mol. The molecular weight excluding hydrogens is 675 g/mol. The number of rotatable bonds is 10. The summed E-state index contributed by atoms with van der Waals surface area (Å²) in [5, 5.41) is 0.861. The largest absolute Gasteiger partial charge is 0.493 e. The molecule has 10 nitrogen and oxygen atoms in total. The first kappa shape index (κ1) is 35.4. The van der Waals surface area contributed by atoms with E-state index >= 15 is 0 Å². The van der Waals surface area contributed by atoms with Gasteiger partial charge in [0.1, 0.15) is 5.00 Å². The number of nitrogens with zero attached hydrogens (tertiary/aromatic N) is 3. The number of hydrogen-bond donors (Lipinski definition) is 0. The summed E-state index contributed by atoms with van der Waals surface area (Å²) >= 11 is 2.93. The fourth-order valence-electron chi connectivity index (χ4n) is 6.82. The van der Waals surface area contributed by atoms with Crippen molar-refractivity contribution in [3.05, 3.63) is 93.7 Å². The Kier molecular flexibility index (Phi) is 10.2. The van der Waals surface area contributed by atoms with Gasteiger partial charge in [0, 0.05) is 16.3 Å². The maximum Gasteiger partial charge on any atom is 0.341 e. The molecule has 0 bridgehead atoms. The van der Waals surface area contributed by atoms with Gasteiger partial charge in [0.2, 0.25) is 0 Å². The normalized spacial score (nSPS) is 15.9. The Morgan fingerprint density at radius 1 is 1.00 bits per heavy atom. The molecule has 1 atom stereocenters. The molecule has 264 valence electrons. The van der Waals surface area contributed by atoms with Crippen molar-refractivity contribution in [3.63, 3.8) is 0 Å². The molecule has 0 amide bonds. The van der Waals surface area contributed by atoms with Gasteiger partial charge in [-0.25, -0.2) is 14.6 Å². The Balaban J connectivity index is 1.51. The highest BCUT2D eigenvalue weighted by atomic mass is 32.1. The number of fused-ring (bicyclic) bond motifs is 2.